The molecule has 0 heterocycles. The van der Waals surface area contributed by atoms with Crippen LogP contribution in [-0.2, 0) is 26.2 Å². The molecule has 9 heteroatoms. The second-order valence-corrected chi connectivity index (χ2v) is 10.1. The lowest BCUT2D eigenvalue weighted by Crippen LogP contribution is -2.51. The zero-order valence-corrected chi connectivity index (χ0v) is 21.2. The minimum absolute atomic E-state index is 0.0465. The molecule has 0 saturated carbocycles. The van der Waals surface area contributed by atoms with Crippen LogP contribution in [0.2, 0.25) is 5.02 Å². The third-order valence-electron chi connectivity index (χ3n) is 5.47. The van der Waals surface area contributed by atoms with Gasteiger partial charge in [0.2, 0.25) is 11.8 Å². The van der Waals surface area contributed by atoms with Gasteiger partial charge in [-0.15, -0.1) is 0 Å². The van der Waals surface area contributed by atoms with Crippen LogP contribution >= 0.6 is 11.6 Å². The molecule has 0 unspecified atom stereocenters. The molecule has 0 saturated heterocycles. The van der Waals surface area contributed by atoms with Crippen molar-refractivity contribution in [3.63, 3.8) is 0 Å². The lowest BCUT2D eigenvalue weighted by Gasteiger charge is -2.32. The monoisotopic (exact) mass is 513 g/mol. The quantitative estimate of drug-likeness (QED) is 0.442. The van der Waals surface area contributed by atoms with E-state index in [1.807, 2.05) is 0 Å². The number of hydrogen-bond acceptors (Lipinski definition) is 4. The van der Waals surface area contributed by atoms with Gasteiger partial charge >= 0.3 is 0 Å². The van der Waals surface area contributed by atoms with E-state index >= 15 is 0 Å². The summed E-state index contributed by atoms with van der Waals surface area (Å²) in [6.45, 7) is 3.35. The molecule has 7 nitrogen and oxygen atoms in total. The molecule has 3 aromatic carbocycles. The van der Waals surface area contributed by atoms with E-state index in [1.54, 1.807) is 86.6 Å². The number of carbonyl (C=O) groups excluding carboxylic acids is 2. The summed E-state index contributed by atoms with van der Waals surface area (Å²) in [5.74, 6) is -0.878. The van der Waals surface area contributed by atoms with Crippen molar-refractivity contribution < 1.29 is 18.0 Å². The third kappa shape index (κ3) is 6.41. The molecule has 0 fully saturated rings. The Labute approximate surface area is 211 Å². The zero-order chi connectivity index (χ0) is 25.4. The standard InChI is InChI=1S/C26H28ClN3O4S/c1-3-28-26(32)20(2)29(18-21-12-10-11-17-24(21)27)25(31)19-30(22-13-6-4-7-14-22)35(33,34)23-15-8-5-9-16-23/h4-17,20H,3,18-19H2,1-2H3,(H,28,32)/t20-/m0/s1. The molecule has 0 radical (unpaired) electrons. The van der Waals surface area contributed by atoms with Gasteiger partial charge < -0.3 is 10.2 Å². The highest BCUT2D eigenvalue weighted by Gasteiger charge is 2.32. The lowest BCUT2D eigenvalue weighted by atomic mass is 10.1. The van der Waals surface area contributed by atoms with E-state index in [4.69, 9.17) is 11.6 Å². The Morgan fingerprint density at radius 2 is 1.49 bits per heavy atom. The van der Waals surface area contributed by atoms with E-state index in [1.165, 1.54) is 17.0 Å². The number of halogens is 1. The third-order valence-corrected chi connectivity index (χ3v) is 7.63. The van der Waals surface area contributed by atoms with E-state index in [2.05, 4.69) is 5.32 Å². The number of nitrogens with zero attached hydrogens (tertiary/aromatic N) is 2. The summed E-state index contributed by atoms with van der Waals surface area (Å²) >= 11 is 6.33. The van der Waals surface area contributed by atoms with E-state index in [-0.39, 0.29) is 17.3 Å². The summed E-state index contributed by atoms with van der Waals surface area (Å²) in [6.07, 6.45) is 0. The molecule has 0 aliphatic rings. The number of likely N-dealkylation sites (N-methyl/N-ethyl adjacent to an activating group) is 1. The predicted molar refractivity (Wildman–Crippen MR) is 138 cm³/mol. The maximum atomic E-state index is 13.7. The van der Waals surface area contributed by atoms with Crippen molar-refractivity contribution in [2.75, 3.05) is 17.4 Å². The molecule has 184 valence electrons. The molecule has 3 rings (SSSR count). The first-order valence-electron chi connectivity index (χ1n) is 11.2. The van der Waals surface area contributed by atoms with E-state index in [9.17, 15) is 18.0 Å². The number of hydrogen-bond donors (Lipinski definition) is 1. The van der Waals surface area contributed by atoms with Gasteiger partial charge in [-0.25, -0.2) is 8.42 Å². The van der Waals surface area contributed by atoms with Crippen molar-refractivity contribution in [1.82, 2.24) is 10.2 Å². The largest absolute Gasteiger partial charge is 0.355 e. The first kappa shape index (κ1) is 26.2. The highest BCUT2D eigenvalue weighted by Crippen LogP contribution is 2.25. The average molecular weight is 514 g/mol. The van der Waals surface area contributed by atoms with Crippen molar-refractivity contribution in [2.45, 2.75) is 31.3 Å². The average Bonchev–Trinajstić information content (AvgIpc) is 2.87. The van der Waals surface area contributed by atoms with Gasteiger partial charge in [0.1, 0.15) is 12.6 Å². The maximum Gasteiger partial charge on any atom is 0.264 e. The van der Waals surface area contributed by atoms with Crippen LogP contribution in [-0.4, -0.2) is 44.3 Å². The molecule has 1 N–H and O–H groups in total. The molecule has 0 aromatic heterocycles. The SMILES string of the molecule is CCNC(=O)[C@H](C)N(Cc1ccccc1Cl)C(=O)CN(c1ccccc1)S(=O)(=O)c1ccccc1. The fourth-order valence-electron chi connectivity index (χ4n) is 3.56. The number of para-hydroxylation sites is 1. The smallest absolute Gasteiger partial charge is 0.264 e. The molecule has 35 heavy (non-hydrogen) atoms. The normalized spacial score (nSPS) is 12.0. The number of benzene rings is 3. The molecular weight excluding hydrogens is 486 g/mol. The van der Waals surface area contributed by atoms with Crippen LogP contribution in [0.25, 0.3) is 0 Å². The molecule has 0 aliphatic heterocycles. The Kier molecular flexibility index (Phi) is 8.89. The number of carbonyl (C=O) groups is 2. The van der Waals surface area contributed by atoms with Crippen LogP contribution in [0.1, 0.15) is 19.4 Å². The van der Waals surface area contributed by atoms with Crippen molar-refractivity contribution in [2.24, 2.45) is 0 Å². The van der Waals surface area contributed by atoms with Crippen molar-refractivity contribution >= 4 is 39.1 Å². The molecule has 3 aromatic rings. The van der Waals surface area contributed by atoms with Gasteiger partial charge in [0, 0.05) is 18.1 Å². The molecule has 0 aliphatic carbocycles. The van der Waals surface area contributed by atoms with E-state index < -0.39 is 28.5 Å². The summed E-state index contributed by atoms with van der Waals surface area (Å²) in [7, 11) is -4.06. The summed E-state index contributed by atoms with van der Waals surface area (Å²) in [4.78, 5) is 27.7. The predicted octanol–water partition coefficient (Wildman–Crippen LogP) is 4.09. The van der Waals surface area contributed by atoms with Crippen molar-refractivity contribution in [3.8, 4) is 0 Å². The molecular formula is C26H28ClN3O4S. The highest BCUT2D eigenvalue weighted by atomic mass is 35.5. The van der Waals surface area contributed by atoms with Gasteiger partial charge in [-0.2, -0.15) is 0 Å². The van der Waals surface area contributed by atoms with Crippen molar-refractivity contribution in [1.29, 1.82) is 0 Å². The summed E-state index contributed by atoms with van der Waals surface area (Å²) in [5.41, 5.74) is 0.990. The molecule has 1 atom stereocenters. The van der Waals surface area contributed by atoms with Crippen LogP contribution < -0.4 is 9.62 Å². The Balaban J connectivity index is 2.00. The first-order valence-corrected chi connectivity index (χ1v) is 13.0. The van der Waals surface area contributed by atoms with Gasteiger partial charge in [-0.1, -0.05) is 66.2 Å². The van der Waals surface area contributed by atoms with Crippen LogP contribution in [0, 0.1) is 0 Å². The molecule has 2 amide bonds. The minimum atomic E-state index is -4.06. The molecule has 0 spiro atoms. The number of anilines is 1. The number of sulfonamides is 1. The summed E-state index contributed by atoms with van der Waals surface area (Å²) in [5, 5.41) is 3.17. The fraction of sp³-hybridized carbons (Fsp3) is 0.231. The first-order chi connectivity index (χ1) is 16.8. The highest BCUT2D eigenvalue weighted by molar-refractivity contribution is 7.92. The Morgan fingerprint density at radius 1 is 0.914 bits per heavy atom. The summed E-state index contributed by atoms with van der Waals surface area (Å²) in [6, 6.07) is 22.5. The number of amides is 2. The van der Waals surface area contributed by atoms with Gasteiger partial charge in [-0.05, 0) is 49.7 Å². The number of rotatable bonds is 10. The van der Waals surface area contributed by atoms with Gasteiger partial charge in [-0.3, -0.25) is 13.9 Å². The Morgan fingerprint density at radius 3 is 2.09 bits per heavy atom. The van der Waals surface area contributed by atoms with Crippen LogP contribution in [0.4, 0.5) is 5.69 Å². The molecule has 0 bridgehead atoms. The second-order valence-electron chi connectivity index (χ2n) is 7.84. The Hall–Kier alpha value is -3.36. The summed E-state index contributed by atoms with van der Waals surface area (Å²) < 4.78 is 28.2. The van der Waals surface area contributed by atoms with E-state index in [0.29, 0.717) is 22.8 Å². The van der Waals surface area contributed by atoms with Gasteiger partial charge in [0.15, 0.2) is 0 Å². The topological polar surface area (TPSA) is 86.8 Å². The zero-order valence-electron chi connectivity index (χ0n) is 19.6. The second kappa shape index (κ2) is 11.9. The number of nitrogens with one attached hydrogen (secondary N) is 1. The fourth-order valence-corrected chi connectivity index (χ4v) is 5.19. The van der Waals surface area contributed by atoms with Crippen LogP contribution in [0.15, 0.2) is 89.8 Å². The lowest BCUT2D eigenvalue weighted by molar-refractivity contribution is -0.139. The van der Waals surface area contributed by atoms with Gasteiger partial charge in [0.05, 0.1) is 10.6 Å². The van der Waals surface area contributed by atoms with Crippen LogP contribution in [0.5, 0.6) is 0 Å². The Bertz CT molecular complexity index is 1250. The van der Waals surface area contributed by atoms with Crippen molar-refractivity contribution in [3.05, 3.63) is 95.5 Å². The van der Waals surface area contributed by atoms with E-state index in [0.717, 1.165) is 4.31 Å². The van der Waals surface area contributed by atoms with Gasteiger partial charge in [0.25, 0.3) is 10.0 Å². The maximum absolute atomic E-state index is 13.7. The van der Waals surface area contributed by atoms with Crippen LogP contribution in [0.3, 0.4) is 0 Å². The minimum Gasteiger partial charge on any atom is -0.355 e.